The predicted molar refractivity (Wildman–Crippen MR) is 57.7 cm³/mol. The van der Waals surface area contributed by atoms with Crippen molar-refractivity contribution >= 4 is 36.9 Å². The minimum atomic E-state index is -3.32. The van der Waals surface area contributed by atoms with Gasteiger partial charge >= 0.3 is 0 Å². The fourth-order valence-corrected chi connectivity index (χ4v) is 2.45. The smallest absolute Gasteiger partial charge is 0.205 e. The minimum Gasteiger partial charge on any atom is -0.205 e. The first kappa shape index (κ1) is 9.67. The van der Waals surface area contributed by atoms with E-state index in [1.807, 2.05) is 6.07 Å². The molecule has 0 fully saturated rings. The van der Waals surface area contributed by atoms with Crippen LogP contribution in [0.3, 0.4) is 0 Å². The van der Waals surface area contributed by atoms with Gasteiger partial charge in [0.2, 0.25) is 0 Å². The number of halogens is 1. The van der Waals surface area contributed by atoms with E-state index in [9.17, 15) is 8.42 Å². The molecule has 0 aliphatic carbocycles. The third-order valence-corrected chi connectivity index (χ3v) is 3.45. The third kappa shape index (κ3) is 1.44. The van der Waals surface area contributed by atoms with Crippen molar-refractivity contribution < 1.29 is 8.42 Å². The van der Waals surface area contributed by atoms with Gasteiger partial charge in [0.15, 0.2) is 0 Å². The first-order valence-electron chi connectivity index (χ1n) is 3.83. The highest BCUT2D eigenvalue weighted by Crippen LogP contribution is 2.23. The zero-order valence-electron chi connectivity index (χ0n) is 7.31. The molecule has 0 radical (unpaired) electrons. The van der Waals surface area contributed by atoms with Gasteiger partial charge in [0.25, 0.3) is 10.0 Å². The largest absolute Gasteiger partial charge is 0.251 e. The Labute approximate surface area is 89.7 Å². The Bertz CT molecular complexity index is 588. The Hall–Kier alpha value is -0.880. The second-order valence-electron chi connectivity index (χ2n) is 2.92. The summed E-state index contributed by atoms with van der Waals surface area (Å²) in [5, 5.41) is 4.62. The molecule has 2 aromatic rings. The van der Waals surface area contributed by atoms with Crippen LogP contribution in [0, 0.1) is 0 Å². The molecule has 0 N–H and O–H groups in total. The standard InChI is InChI=1S/C8H7BrN2O2S/c1-14(12,13)11-8-4-2-3-7(9)6(8)5-10-11/h2-5H,1H3. The Morgan fingerprint density at radius 1 is 1.43 bits per heavy atom. The van der Waals surface area contributed by atoms with Crippen LogP contribution in [0.25, 0.3) is 10.9 Å². The Morgan fingerprint density at radius 3 is 2.79 bits per heavy atom. The molecule has 0 saturated heterocycles. The van der Waals surface area contributed by atoms with E-state index in [0.717, 1.165) is 20.2 Å². The van der Waals surface area contributed by atoms with Gasteiger partial charge in [-0.1, -0.05) is 22.0 Å². The van der Waals surface area contributed by atoms with Crippen LogP contribution < -0.4 is 0 Å². The third-order valence-electron chi connectivity index (χ3n) is 1.84. The molecule has 1 aromatic carbocycles. The van der Waals surface area contributed by atoms with Gasteiger partial charge < -0.3 is 0 Å². The molecular weight excluding hydrogens is 268 g/mol. The second kappa shape index (κ2) is 3.06. The van der Waals surface area contributed by atoms with Crippen molar-refractivity contribution in [1.29, 1.82) is 0 Å². The monoisotopic (exact) mass is 274 g/mol. The Balaban J connectivity index is 2.90. The molecule has 14 heavy (non-hydrogen) atoms. The fourth-order valence-electron chi connectivity index (χ4n) is 1.26. The molecule has 0 aliphatic heterocycles. The summed E-state index contributed by atoms with van der Waals surface area (Å²) in [4.78, 5) is 0. The molecule has 1 heterocycles. The van der Waals surface area contributed by atoms with Crippen molar-refractivity contribution in [3.8, 4) is 0 Å². The van der Waals surface area contributed by atoms with E-state index < -0.39 is 10.0 Å². The van der Waals surface area contributed by atoms with Gasteiger partial charge in [0.05, 0.1) is 18.0 Å². The topological polar surface area (TPSA) is 52.0 Å². The number of benzene rings is 1. The SMILES string of the molecule is CS(=O)(=O)n1ncc2c(Br)cccc21. The van der Waals surface area contributed by atoms with Crippen LogP contribution >= 0.6 is 15.9 Å². The van der Waals surface area contributed by atoms with Gasteiger partial charge in [-0.15, -0.1) is 0 Å². The quantitative estimate of drug-likeness (QED) is 0.794. The van der Waals surface area contributed by atoms with Crippen molar-refractivity contribution in [2.75, 3.05) is 6.26 Å². The molecule has 0 aliphatic rings. The summed E-state index contributed by atoms with van der Waals surface area (Å²) in [6.07, 6.45) is 2.65. The normalized spacial score (nSPS) is 12.1. The summed E-state index contributed by atoms with van der Waals surface area (Å²) < 4.78 is 24.5. The molecule has 6 heteroatoms. The molecule has 0 spiro atoms. The highest BCUT2D eigenvalue weighted by atomic mass is 79.9. The maximum atomic E-state index is 11.3. The average molecular weight is 275 g/mol. The van der Waals surface area contributed by atoms with Gasteiger partial charge in [-0.2, -0.15) is 9.19 Å². The molecule has 4 nitrogen and oxygen atoms in total. The molecule has 1 aromatic heterocycles. The molecule has 0 amide bonds. The molecule has 74 valence electrons. The fraction of sp³-hybridized carbons (Fsp3) is 0.125. The van der Waals surface area contributed by atoms with Crippen molar-refractivity contribution in [3.05, 3.63) is 28.9 Å². The lowest BCUT2D eigenvalue weighted by atomic mass is 10.3. The second-order valence-corrected chi connectivity index (χ2v) is 5.59. The summed E-state index contributed by atoms with van der Waals surface area (Å²) in [7, 11) is -3.32. The van der Waals surface area contributed by atoms with Crippen molar-refractivity contribution in [3.63, 3.8) is 0 Å². The van der Waals surface area contributed by atoms with E-state index in [-0.39, 0.29) is 0 Å². The Morgan fingerprint density at radius 2 is 2.14 bits per heavy atom. The van der Waals surface area contributed by atoms with E-state index in [0.29, 0.717) is 5.52 Å². The lowest BCUT2D eigenvalue weighted by molar-refractivity contribution is 0.588. The maximum absolute atomic E-state index is 11.3. The van der Waals surface area contributed by atoms with Crippen molar-refractivity contribution in [2.24, 2.45) is 0 Å². The van der Waals surface area contributed by atoms with Gasteiger partial charge in [-0.3, -0.25) is 0 Å². The number of hydrogen-bond donors (Lipinski definition) is 0. The minimum absolute atomic E-state index is 0.585. The first-order valence-corrected chi connectivity index (χ1v) is 6.47. The van der Waals surface area contributed by atoms with Crippen LogP contribution in [-0.2, 0) is 10.0 Å². The number of hydrogen-bond acceptors (Lipinski definition) is 3. The van der Waals surface area contributed by atoms with Crippen LogP contribution in [0.4, 0.5) is 0 Å². The lowest BCUT2D eigenvalue weighted by Gasteiger charge is -1.99. The van der Waals surface area contributed by atoms with E-state index in [2.05, 4.69) is 21.0 Å². The molecule has 0 atom stereocenters. The van der Waals surface area contributed by atoms with Crippen LogP contribution in [0.2, 0.25) is 0 Å². The molecular formula is C8H7BrN2O2S. The average Bonchev–Trinajstić information content (AvgIpc) is 2.47. The summed E-state index contributed by atoms with van der Waals surface area (Å²) in [6, 6.07) is 5.33. The van der Waals surface area contributed by atoms with E-state index >= 15 is 0 Å². The number of nitrogens with zero attached hydrogens (tertiary/aromatic N) is 2. The summed E-state index contributed by atoms with van der Waals surface area (Å²) in [5.74, 6) is 0. The van der Waals surface area contributed by atoms with Gasteiger partial charge in [-0.25, -0.2) is 8.42 Å². The number of fused-ring (bicyclic) bond motifs is 1. The number of rotatable bonds is 1. The van der Waals surface area contributed by atoms with Crippen LogP contribution in [0.1, 0.15) is 0 Å². The summed E-state index contributed by atoms with van der Waals surface area (Å²) in [5.41, 5.74) is 0.585. The van der Waals surface area contributed by atoms with Gasteiger partial charge in [-0.05, 0) is 12.1 Å². The van der Waals surface area contributed by atoms with E-state index in [4.69, 9.17) is 0 Å². The lowest BCUT2D eigenvalue weighted by Crippen LogP contribution is -2.10. The zero-order valence-corrected chi connectivity index (χ0v) is 9.71. The zero-order chi connectivity index (χ0) is 10.3. The van der Waals surface area contributed by atoms with E-state index in [1.165, 1.54) is 6.20 Å². The van der Waals surface area contributed by atoms with Crippen LogP contribution in [0.15, 0.2) is 28.9 Å². The highest BCUT2D eigenvalue weighted by molar-refractivity contribution is 9.10. The molecule has 2 rings (SSSR count). The maximum Gasteiger partial charge on any atom is 0.251 e. The highest BCUT2D eigenvalue weighted by Gasteiger charge is 2.12. The van der Waals surface area contributed by atoms with Gasteiger partial charge in [0, 0.05) is 9.86 Å². The van der Waals surface area contributed by atoms with Crippen molar-refractivity contribution in [2.45, 2.75) is 0 Å². The summed E-state index contributed by atoms with van der Waals surface area (Å²) >= 11 is 3.33. The molecule has 0 saturated carbocycles. The van der Waals surface area contributed by atoms with Crippen molar-refractivity contribution in [1.82, 2.24) is 9.19 Å². The summed E-state index contributed by atoms with van der Waals surface area (Å²) in [6.45, 7) is 0. The van der Waals surface area contributed by atoms with Crippen LogP contribution in [0.5, 0.6) is 0 Å². The molecule has 0 bridgehead atoms. The van der Waals surface area contributed by atoms with Gasteiger partial charge in [0.1, 0.15) is 0 Å². The first-order chi connectivity index (χ1) is 6.50. The predicted octanol–water partition coefficient (Wildman–Crippen LogP) is 1.61. The van der Waals surface area contributed by atoms with E-state index in [1.54, 1.807) is 12.1 Å². The molecule has 0 unspecified atom stereocenters. The van der Waals surface area contributed by atoms with Crippen LogP contribution in [-0.4, -0.2) is 23.9 Å². The number of aromatic nitrogens is 2. The Kier molecular flexibility index (Phi) is 2.11.